The fourth-order valence-corrected chi connectivity index (χ4v) is 3.40. The van der Waals surface area contributed by atoms with Crippen molar-refractivity contribution in [3.05, 3.63) is 70.1 Å². The number of aromatic nitrogens is 2. The van der Waals surface area contributed by atoms with Gasteiger partial charge in [-0.1, -0.05) is 22.0 Å². The van der Waals surface area contributed by atoms with Crippen LogP contribution in [0.2, 0.25) is 0 Å². The molecule has 0 fully saturated rings. The number of carbonyl (C=O) groups is 1. The summed E-state index contributed by atoms with van der Waals surface area (Å²) in [6.45, 7) is 4.71. The van der Waals surface area contributed by atoms with Crippen LogP contribution >= 0.6 is 15.9 Å². The molecule has 2 aromatic heterocycles. The number of rotatable bonds is 7. The maximum absolute atomic E-state index is 12.9. The number of benzene rings is 1. The number of nitrogens with zero attached hydrogens (tertiary/aromatic N) is 2. The van der Waals surface area contributed by atoms with Gasteiger partial charge in [0, 0.05) is 34.9 Å². The van der Waals surface area contributed by atoms with Crippen molar-refractivity contribution in [1.29, 1.82) is 0 Å². The third kappa shape index (κ3) is 4.43. The van der Waals surface area contributed by atoms with E-state index in [1.807, 2.05) is 44.2 Å². The molecule has 0 saturated carbocycles. The van der Waals surface area contributed by atoms with E-state index in [-0.39, 0.29) is 5.91 Å². The van der Waals surface area contributed by atoms with Crippen molar-refractivity contribution < 1.29 is 14.3 Å². The summed E-state index contributed by atoms with van der Waals surface area (Å²) in [4.78, 5) is 17.1. The average molecular weight is 444 g/mol. The molecule has 0 aliphatic carbocycles. The van der Waals surface area contributed by atoms with E-state index in [2.05, 4.69) is 30.8 Å². The third-order valence-corrected chi connectivity index (χ3v) is 4.78. The Kier molecular flexibility index (Phi) is 6.49. The molecule has 28 heavy (non-hydrogen) atoms. The fraction of sp³-hybridized carbons (Fsp3) is 0.238. The first-order valence-electron chi connectivity index (χ1n) is 8.84. The van der Waals surface area contributed by atoms with Gasteiger partial charge in [-0.25, -0.2) is 4.98 Å². The van der Waals surface area contributed by atoms with Crippen LogP contribution in [0.1, 0.15) is 21.7 Å². The van der Waals surface area contributed by atoms with Crippen LogP contribution in [0.5, 0.6) is 5.88 Å². The molecule has 0 radical (unpaired) electrons. The number of carbonyl (C=O) groups excluding carboxylic acids is 1. The normalized spacial score (nSPS) is 10.7. The minimum atomic E-state index is -0.209. The van der Waals surface area contributed by atoms with Crippen LogP contribution < -0.4 is 10.1 Å². The van der Waals surface area contributed by atoms with Crippen molar-refractivity contribution in [2.45, 2.75) is 13.8 Å². The van der Waals surface area contributed by atoms with Gasteiger partial charge in [-0.2, -0.15) is 0 Å². The number of amides is 1. The molecule has 0 atom stereocenters. The van der Waals surface area contributed by atoms with Gasteiger partial charge >= 0.3 is 0 Å². The Bertz CT molecular complexity index is 985. The predicted molar refractivity (Wildman–Crippen MR) is 113 cm³/mol. The van der Waals surface area contributed by atoms with E-state index in [1.165, 1.54) is 0 Å². The van der Waals surface area contributed by atoms with E-state index >= 15 is 0 Å². The van der Waals surface area contributed by atoms with Crippen molar-refractivity contribution in [2.75, 3.05) is 25.6 Å². The molecule has 7 heteroatoms. The summed E-state index contributed by atoms with van der Waals surface area (Å²) in [7, 11) is 1.60. The van der Waals surface area contributed by atoms with Gasteiger partial charge in [-0.3, -0.25) is 4.79 Å². The molecule has 2 heterocycles. The molecule has 146 valence electrons. The summed E-state index contributed by atoms with van der Waals surface area (Å²) in [6, 6.07) is 13.4. The van der Waals surface area contributed by atoms with Crippen molar-refractivity contribution in [1.82, 2.24) is 9.55 Å². The molecule has 1 amide bonds. The molecule has 0 unspecified atom stereocenters. The van der Waals surface area contributed by atoms with Crippen molar-refractivity contribution >= 4 is 27.5 Å². The van der Waals surface area contributed by atoms with Crippen LogP contribution in [0.25, 0.3) is 5.69 Å². The highest BCUT2D eigenvalue weighted by atomic mass is 79.9. The Balaban J connectivity index is 1.86. The predicted octanol–water partition coefficient (Wildman–Crippen LogP) is 4.53. The first-order chi connectivity index (χ1) is 13.5. The highest BCUT2D eigenvalue weighted by molar-refractivity contribution is 9.10. The van der Waals surface area contributed by atoms with Crippen molar-refractivity contribution in [2.24, 2.45) is 0 Å². The number of methoxy groups -OCH3 is 1. The third-order valence-electron chi connectivity index (χ3n) is 4.29. The Labute approximate surface area is 172 Å². The number of hydrogen-bond donors (Lipinski definition) is 1. The fourth-order valence-electron chi connectivity index (χ4n) is 3.02. The van der Waals surface area contributed by atoms with Gasteiger partial charge in [-0.15, -0.1) is 0 Å². The minimum absolute atomic E-state index is 0.209. The lowest BCUT2D eigenvalue weighted by atomic mass is 10.2. The quantitative estimate of drug-likeness (QED) is 0.544. The number of halogens is 1. The highest BCUT2D eigenvalue weighted by Gasteiger charge is 2.18. The summed E-state index contributed by atoms with van der Waals surface area (Å²) in [6.07, 6.45) is 1.62. The molecule has 0 aliphatic heterocycles. The number of anilines is 1. The van der Waals surface area contributed by atoms with E-state index in [4.69, 9.17) is 9.47 Å². The van der Waals surface area contributed by atoms with Crippen LogP contribution in [0.15, 0.2) is 53.1 Å². The second-order valence-corrected chi connectivity index (χ2v) is 7.17. The molecule has 3 rings (SSSR count). The maximum atomic E-state index is 12.9. The van der Waals surface area contributed by atoms with Gasteiger partial charge in [0.05, 0.1) is 12.2 Å². The molecule has 0 spiro atoms. The average Bonchev–Trinajstić information content (AvgIpc) is 2.97. The highest BCUT2D eigenvalue weighted by Crippen LogP contribution is 2.26. The second kappa shape index (κ2) is 9.03. The van der Waals surface area contributed by atoms with Gasteiger partial charge in [0.25, 0.3) is 5.91 Å². The number of nitrogens with one attached hydrogen (secondary N) is 1. The van der Waals surface area contributed by atoms with E-state index in [0.29, 0.717) is 30.3 Å². The second-order valence-electron chi connectivity index (χ2n) is 6.25. The maximum Gasteiger partial charge on any atom is 0.257 e. The summed E-state index contributed by atoms with van der Waals surface area (Å²) in [5.74, 6) is 0.160. The van der Waals surface area contributed by atoms with E-state index in [1.54, 1.807) is 25.4 Å². The SMILES string of the molecule is COCCOc1ncccc1NC(=O)c1cc(C)n(-c2cccc(Br)c2)c1C. The first-order valence-corrected chi connectivity index (χ1v) is 9.63. The lowest BCUT2D eigenvalue weighted by Gasteiger charge is -2.12. The van der Waals surface area contributed by atoms with Crippen LogP contribution in [0.4, 0.5) is 5.69 Å². The van der Waals surface area contributed by atoms with Gasteiger partial charge in [-0.05, 0) is 50.2 Å². The summed E-state index contributed by atoms with van der Waals surface area (Å²) < 4.78 is 13.6. The number of pyridine rings is 1. The minimum Gasteiger partial charge on any atom is -0.474 e. The lowest BCUT2D eigenvalue weighted by molar-refractivity contribution is 0.102. The van der Waals surface area contributed by atoms with Crippen molar-refractivity contribution in [3.63, 3.8) is 0 Å². The largest absolute Gasteiger partial charge is 0.474 e. The standard InChI is InChI=1S/C21H22BrN3O3/c1-14-12-18(15(2)25(14)17-7-4-6-16(22)13-17)20(26)24-19-8-5-9-23-21(19)28-11-10-27-3/h4-9,12-13H,10-11H2,1-3H3,(H,24,26). The van der Waals surface area contributed by atoms with Crippen LogP contribution in [-0.4, -0.2) is 35.8 Å². The Hall–Kier alpha value is -2.64. The number of hydrogen-bond acceptors (Lipinski definition) is 4. The summed E-state index contributed by atoms with van der Waals surface area (Å²) in [5, 5.41) is 2.91. The zero-order valence-corrected chi connectivity index (χ0v) is 17.6. The zero-order chi connectivity index (χ0) is 20.1. The monoisotopic (exact) mass is 443 g/mol. The number of ether oxygens (including phenoxy) is 2. The Morgan fingerprint density at radius 3 is 2.75 bits per heavy atom. The summed E-state index contributed by atoms with van der Waals surface area (Å²) in [5.41, 5.74) is 3.95. The van der Waals surface area contributed by atoms with E-state index < -0.39 is 0 Å². The topological polar surface area (TPSA) is 65.4 Å². The van der Waals surface area contributed by atoms with Gasteiger partial charge in [0.2, 0.25) is 5.88 Å². The van der Waals surface area contributed by atoms with Crippen LogP contribution in [0.3, 0.4) is 0 Å². The molecule has 1 N–H and O–H groups in total. The molecule has 6 nitrogen and oxygen atoms in total. The Morgan fingerprint density at radius 2 is 2.00 bits per heavy atom. The molecular weight excluding hydrogens is 422 g/mol. The molecule has 3 aromatic rings. The molecular formula is C21H22BrN3O3. The van der Waals surface area contributed by atoms with Gasteiger partial charge < -0.3 is 19.4 Å². The van der Waals surface area contributed by atoms with Crippen LogP contribution in [-0.2, 0) is 4.74 Å². The molecule has 0 saturated heterocycles. The number of aryl methyl sites for hydroxylation is 1. The van der Waals surface area contributed by atoms with Gasteiger partial charge in [0.1, 0.15) is 12.3 Å². The molecule has 0 bridgehead atoms. The van der Waals surface area contributed by atoms with Gasteiger partial charge in [0.15, 0.2) is 0 Å². The zero-order valence-electron chi connectivity index (χ0n) is 16.0. The summed E-state index contributed by atoms with van der Waals surface area (Å²) >= 11 is 3.50. The van der Waals surface area contributed by atoms with E-state index in [0.717, 1.165) is 21.5 Å². The Morgan fingerprint density at radius 1 is 1.18 bits per heavy atom. The van der Waals surface area contributed by atoms with Crippen molar-refractivity contribution in [3.8, 4) is 11.6 Å². The van der Waals surface area contributed by atoms with E-state index in [9.17, 15) is 4.79 Å². The first kappa shape index (κ1) is 20.1. The molecule has 0 aliphatic rings. The van der Waals surface area contributed by atoms with Crippen LogP contribution in [0, 0.1) is 13.8 Å². The smallest absolute Gasteiger partial charge is 0.257 e. The lowest BCUT2D eigenvalue weighted by Crippen LogP contribution is -2.15. The molecule has 1 aromatic carbocycles.